The smallest absolute Gasteiger partial charge is 0.220 e. The van der Waals surface area contributed by atoms with E-state index in [1.54, 1.807) is 18.2 Å². The van der Waals surface area contributed by atoms with Crippen molar-refractivity contribution in [2.45, 2.75) is 38.6 Å². The Morgan fingerprint density at radius 3 is 2.53 bits per heavy atom. The Kier molecular flexibility index (Phi) is 10.1. The summed E-state index contributed by atoms with van der Waals surface area (Å²) >= 11 is 0. The molecular weight excluding hydrogens is 267 g/mol. The molecule has 0 aliphatic heterocycles. The summed E-state index contributed by atoms with van der Waals surface area (Å²) < 4.78 is 13.3. The van der Waals surface area contributed by atoms with Crippen molar-refractivity contribution in [3.8, 4) is 0 Å². The number of carbonyl (C=O) groups excluding carboxylic acids is 1. The second-order valence-electron chi connectivity index (χ2n) is 4.32. The van der Waals surface area contributed by atoms with E-state index in [1.165, 1.54) is 6.07 Å². The van der Waals surface area contributed by atoms with Crippen LogP contribution in [0, 0.1) is 5.82 Å². The first-order valence-electron chi connectivity index (χ1n) is 6.44. The van der Waals surface area contributed by atoms with E-state index in [-0.39, 0.29) is 30.7 Å². The Balaban J connectivity index is 0.00000324. The Morgan fingerprint density at radius 2 is 1.84 bits per heavy atom. The summed E-state index contributed by atoms with van der Waals surface area (Å²) in [6.07, 6.45) is 4.46. The molecule has 0 fully saturated rings. The number of rotatable bonds is 8. The maximum absolute atomic E-state index is 13.3. The van der Waals surface area contributed by atoms with Crippen LogP contribution in [0.15, 0.2) is 24.3 Å². The van der Waals surface area contributed by atoms with Crippen LogP contribution in [0.2, 0.25) is 0 Å². The lowest BCUT2D eigenvalue weighted by Crippen LogP contribution is -2.22. The molecule has 0 aromatic heterocycles. The highest BCUT2D eigenvalue weighted by Gasteiger charge is 2.04. The minimum absolute atomic E-state index is 0. The molecule has 0 bridgehead atoms. The van der Waals surface area contributed by atoms with Gasteiger partial charge in [0, 0.05) is 18.5 Å². The van der Waals surface area contributed by atoms with E-state index < -0.39 is 0 Å². The van der Waals surface area contributed by atoms with Crippen molar-refractivity contribution < 1.29 is 9.18 Å². The predicted octanol–water partition coefficient (Wildman–Crippen LogP) is 2.77. The van der Waals surface area contributed by atoms with Crippen LogP contribution in [0.25, 0.3) is 0 Å². The molecule has 0 radical (unpaired) electrons. The molecule has 0 heterocycles. The molecule has 0 saturated carbocycles. The van der Waals surface area contributed by atoms with Gasteiger partial charge in [0.1, 0.15) is 5.82 Å². The quantitative estimate of drug-likeness (QED) is 0.723. The highest BCUT2D eigenvalue weighted by molar-refractivity contribution is 5.85. The van der Waals surface area contributed by atoms with E-state index in [2.05, 4.69) is 5.32 Å². The van der Waals surface area contributed by atoms with Gasteiger partial charge in [0.2, 0.25) is 5.91 Å². The fourth-order valence-electron chi connectivity index (χ4n) is 1.71. The third-order valence-electron chi connectivity index (χ3n) is 2.79. The summed E-state index contributed by atoms with van der Waals surface area (Å²) in [7, 11) is 0. The van der Waals surface area contributed by atoms with Gasteiger partial charge >= 0.3 is 0 Å². The number of nitrogens with one attached hydrogen (secondary N) is 1. The molecule has 0 atom stereocenters. The molecule has 1 rings (SSSR count). The zero-order valence-corrected chi connectivity index (χ0v) is 11.8. The normalized spacial score (nSPS) is 9.79. The van der Waals surface area contributed by atoms with Crippen LogP contribution in [0.1, 0.15) is 37.7 Å². The summed E-state index contributed by atoms with van der Waals surface area (Å²) in [6.45, 7) is 0.966. The first-order chi connectivity index (χ1) is 8.74. The number of benzene rings is 1. The molecule has 1 aromatic rings. The van der Waals surface area contributed by atoms with Gasteiger partial charge in [0.25, 0.3) is 0 Å². The van der Waals surface area contributed by atoms with Crippen LogP contribution >= 0.6 is 12.4 Å². The van der Waals surface area contributed by atoms with Gasteiger partial charge in [0.05, 0.1) is 0 Å². The topological polar surface area (TPSA) is 55.1 Å². The van der Waals surface area contributed by atoms with Crippen LogP contribution in [0.4, 0.5) is 4.39 Å². The van der Waals surface area contributed by atoms with Crippen molar-refractivity contribution in [1.82, 2.24) is 5.32 Å². The third kappa shape index (κ3) is 7.80. The van der Waals surface area contributed by atoms with Crippen LogP contribution < -0.4 is 11.1 Å². The van der Waals surface area contributed by atoms with Crippen LogP contribution in [0.3, 0.4) is 0 Å². The molecule has 0 saturated heterocycles. The number of halogens is 2. The Morgan fingerprint density at radius 1 is 1.16 bits per heavy atom. The molecule has 0 spiro atoms. The molecule has 3 N–H and O–H groups in total. The average Bonchev–Trinajstić information content (AvgIpc) is 2.37. The lowest BCUT2D eigenvalue weighted by Gasteiger charge is -2.06. The highest BCUT2D eigenvalue weighted by atomic mass is 35.5. The average molecular weight is 289 g/mol. The summed E-state index contributed by atoms with van der Waals surface area (Å²) in [5.41, 5.74) is 5.90. The third-order valence-corrected chi connectivity index (χ3v) is 2.79. The minimum atomic E-state index is -0.277. The number of hydrogen-bond donors (Lipinski definition) is 2. The van der Waals surface area contributed by atoms with Gasteiger partial charge in [0.15, 0.2) is 0 Å². The Bertz CT molecular complexity index is 374. The Labute approximate surface area is 120 Å². The summed E-state index contributed by atoms with van der Waals surface area (Å²) in [4.78, 5) is 11.5. The zero-order chi connectivity index (χ0) is 13.2. The molecule has 108 valence electrons. The lowest BCUT2D eigenvalue weighted by atomic mass is 10.1. The van der Waals surface area contributed by atoms with Gasteiger partial charge in [-0.2, -0.15) is 0 Å². The van der Waals surface area contributed by atoms with Crippen molar-refractivity contribution in [2.75, 3.05) is 6.54 Å². The largest absolute Gasteiger partial charge is 0.352 e. The van der Waals surface area contributed by atoms with Gasteiger partial charge in [-0.25, -0.2) is 4.39 Å². The number of nitrogens with two attached hydrogens (primary N) is 1. The zero-order valence-electron chi connectivity index (χ0n) is 11.0. The predicted molar refractivity (Wildman–Crippen MR) is 77.6 cm³/mol. The van der Waals surface area contributed by atoms with Crippen molar-refractivity contribution in [1.29, 1.82) is 0 Å². The molecular formula is C14H22ClFN2O. The minimum Gasteiger partial charge on any atom is -0.352 e. The Hall–Kier alpha value is -1.13. The molecule has 0 aliphatic carbocycles. The number of hydrogen-bond acceptors (Lipinski definition) is 2. The molecule has 1 amide bonds. The monoisotopic (exact) mass is 288 g/mol. The van der Waals surface area contributed by atoms with Gasteiger partial charge < -0.3 is 11.1 Å². The van der Waals surface area contributed by atoms with Crippen LogP contribution in [0.5, 0.6) is 0 Å². The highest BCUT2D eigenvalue weighted by Crippen LogP contribution is 2.06. The summed E-state index contributed by atoms with van der Waals surface area (Å²) in [6, 6.07) is 6.47. The van der Waals surface area contributed by atoms with Crippen molar-refractivity contribution in [3.63, 3.8) is 0 Å². The first-order valence-corrected chi connectivity index (χ1v) is 6.44. The molecule has 1 aromatic carbocycles. The van der Waals surface area contributed by atoms with E-state index in [9.17, 15) is 9.18 Å². The van der Waals surface area contributed by atoms with E-state index in [1.807, 2.05) is 0 Å². The second-order valence-corrected chi connectivity index (χ2v) is 4.32. The maximum atomic E-state index is 13.3. The molecule has 3 nitrogen and oxygen atoms in total. The van der Waals surface area contributed by atoms with Crippen molar-refractivity contribution in [2.24, 2.45) is 5.73 Å². The second kappa shape index (κ2) is 10.8. The number of carbonyl (C=O) groups is 1. The van der Waals surface area contributed by atoms with Gasteiger partial charge in [-0.15, -0.1) is 12.4 Å². The maximum Gasteiger partial charge on any atom is 0.220 e. The fourth-order valence-corrected chi connectivity index (χ4v) is 1.71. The molecule has 0 aliphatic rings. The summed E-state index contributed by atoms with van der Waals surface area (Å²) in [5, 5.41) is 2.73. The van der Waals surface area contributed by atoms with E-state index in [4.69, 9.17) is 5.73 Å². The standard InChI is InChI=1S/C14H21FN2O.ClH/c15-13-8-5-4-7-12(13)11-17-14(18)9-3-1-2-6-10-16;/h4-5,7-8H,1-3,6,9-11,16H2,(H,17,18);1H. The summed E-state index contributed by atoms with van der Waals surface area (Å²) in [5.74, 6) is -0.299. The lowest BCUT2D eigenvalue weighted by molar-refractivity contribution is -0.121. The molecule has 5 heteroatoms. The fraction of sp³-hybridized carbons (Fsp3) is 0.500. The van der Waals surface area contributed by atoms with Gasteiger partial charge in [-0.05, 0) is 25.5 Å². The molecule has 19 heavy (non-hydrogen) atoms. The molecule has 0 unspecified atom stereocenters. The van der Waals surface area contributed by atoms with Crippen LogP contribution in [-0.4, -0.2) is 12.5 Å². The SMILES string of the molecule is Cl.NCCCCCCC(=O)NCc1ccccc1F. The van der Waals surface area contributed by atoms with Crippen molar-refractivity contribution >= 4 is 18.3 Å². The number of unbranched alkanes of at least 4 members (excludes halogenated alkanes) is 3. The van der Waals surface area contributed by atoms with Gasteiger partial charge in [-0.1, -0.05) is 31.0 Å². The van der Waals surface area contributed by atoms with Gasteiger partial charge in [-0.3, -0.25) is 4.79 Å². The van der Waals surface area contributed by atoms with E-state index >= 15 is 0 Å². The van der Waals surface area contributed by atoms with E-state index in [0.29, 0.717) is 18.5 Å². The number of amides is 1. The first kappa shape index (κ1) is 17.9. The van der Waals surface area contributed by atoms with Crippen LogP contribution in [-0.2, 0) is 11.3 Å². The van der Waals surface area contributed by atoms with Crippen molar-refractivity contribution in [3.05, 3.63) is 35.6 Å². The van der Waals surface area contributed by atoms with E-state index in [0.717, 1.165) is 25.7 Å².